The SMILES string of the molecule is CCNCC(=O)Cc1ccc(C)cc1Cl. The number of carbonyl (C=O) groups excluding carboxylic acids is 1. The second-order valence-electron chi connectivity index (χ2n) is 3.59. The summed E-state index contributed by atoms with van der Waals surface area (Å²) in [6.07, 6.45) is 0.409. The molecule has 0 radical (unpaired) electrons. The lowest BCUT2D eigenvalue weighted by Gasteiger charge is -2.05. The van der Waals surface area contributed by atoms with Crippen molar-refractivity contribution < 1.29 is 4.79 Å². The maximum absolute atomic E-state index is 11.5. The van der Waals surface area contributed by atoms with Crippen LogP contribution in [0.25, 0.3) is 0 Å². The molecule has 0 fully saturated rings. The fraction of sp³-hybridized carbons (Fsp3) is 0.417. The monoisotopic (exact) mass is 225 g/mol. The molecule has 1 aromatic rings. The molecule has 15 heavy (non-hydrogen) atoms. The molecule has 0 aliphatic rings. The average molecular weight is 226 g/mol. The Hall–Kier alpha value is -0.860. The lowest BCUT2D eigenvalue weighted by atomic mass is 10.1. The summed E-state index contributed by atoms with van der Waals surface area (Å²) in [5, 5.41) is 3.69. The number of Topliss-reactive ketones (excluding diaryl/α,β-unsaturated/α-hetero) is 1. The summed E-state index contributed by atoms with van der Waals surface area (Å²) in [4.78, 5) is 11.5. The van der Waals surface area contributed by atoms with Crippen LogP contribution in [0.5, 0.6) is 0 Å². The van der Waals surface area contributed by atoms with Crippen LogP contribution in [0.1, 0.15) is 18.1 Å². The van der Waals surface area contributed by atoms with Crippen LogP contribution < -0.4 is 5.32 Å². The van der Waals surface area contributed by atoms with Crippen LogP contribution in [-0.4, -0.2) is 18.9 Å². The number of hydrogen-bond donors (Lipinski definition) is 1. The molecule has 3 heteroatoms. The summed E-state index contributed by atoms with van der Waals surface area (Å²) in [7, 11) is 0. The van der Waals surface area contributed by atoms with Crippen LogP contribution >= 0.6 is 11.6 Å². The topological polar surface area (TPSA) is 29.1 Å². The van der Waals surface area contributed by atoms with Crippen molar-refractivity contribution in [3.05, 3.63) is 34.3 Å². The van der Waals surface area contributed by atoms with Crippen molar-refractivity contribution in [3.63, 3.8) is 0 Å². The van der Waals surface area contributed by atoms with Crippen molar-refractivity contribution in [1.29, 1.82) is 0 Å². The third-order valence-corrected chi connectivity index (χ3v) is 2.52. The van der Waals surface area contributed by atoms with Gasteiger partial charge in [0.25, 0.3) is 0 Å². The fourth-order valence-electron chi connectivity index (χ4n) is 1.34. The Balaban J connectivity index is 2.60. The first-order valence-corrected chi connectivity index (χ1v) is 5.48. The Morgan fingerprint density at radius 3 is 2.80 bits per heavy atom. The first-order valence-electron chi connectivity index (χ1n) is 5.11. The summed E-state index contributed by atoms with van der Waals surface area (Å²) in [6.45, 7) is 5.19. The third kappa shape index (κ3) is 4.02. The van der Waals surface area contributed by atoms with Gasteiger partial charge in [0.2, 0.25) is 0 Å². The maximum atomic E-state index is 11.5. The normalized spacial score (nSPS) is 10.3. The molecular formula is C12H16ClNO. The lowest BCUT2D eigenvalue weighted by Crippen LogP contribution is -2.23. The standard InChI is InChI=1S/C12H16ClNO/c1-3-14-8-11(15)7-10-5-4-9(2)6-12(10)13/h4-6,14H,3,7-8H2,1-2H3. The van der Waals surface area contributed by atoms with E-state index < -0.39 is 0 Å². The molecule has 1 aromatic carbocycles. The zero-order valence-corrected chi connectivity index (χ0v) is 9.90. The van der Waals surface area contributed by atoms with Crippen molar-refractivity contribution in [3.8, 4) is 0 Å². The van der Waals surface area contributed by atoms with Gasteiger partial charge in [-0.2, -0.15) is 0 Å². The van der Waals surface area contributed by atoms with Gasteiger partial charge in [0, 0.05) is 11.4 Å². The number of hydrogen-bond acceptors (Lipinski definition) is 2. The number of nitrogens with one attached hydrogen (secondary N) is 1. The first kappa shape index (κ1) is 12.2. The highest BCUT2D eigenvalue weighted by Gasteiger charge is 2.06. The van der Waals surface area contributed by atoms with Crippen LogP contribution in [0.2, 0.25) is 5.02 Å². The fourth-order valence-corrected chi connectivity index (χ4v) is 1.64. The van der Waals surface area contributed by atoms with Crippen LogP contribution in [0.15, 0.2) is 18.2 Å². The van der Waals surface area contributed by atoms with E-state index in [2.05, 4.69) is 5.32 Å². The molecule has 0 aliphatic heterocycles. The molecule has 82 valence electrons. The zero-order chi connectivity index (χ0) is 11.3. The number of benzene rings is 1. The zero-order valence-electron chi connectivity index (χ0n) is 9.14. The summed E-state index contributed by atoms with van der Waals surface area (Å²) >= 11 is 6.04. The molecule has 0 saturated heterocycles. The second-order valence-corrected chi connectivity index (χ2v) is 4.00. The average Bonchev–Trinajstić information content (AvgIpc) is 2.19. The quantitative estimate of drug-likeness (QED) is 0.834. The molecular weight excluding hydrogens is 210 g/mol. The summed E-state index contributed by atoms with van der Waals surface area (Å²) in [5.74, 6) is 0.169. The Labute approximate surface area is 95.6 Å². The van der Waals surface area contributed by atoms with E-state index in [9.17, 15) is 4.79 Å². The van der Waals surface area contributed by atoms with E-state index in [-0.39, 0.29) is 5.78 Å². The molecule has 1 N–H and O–H groups in total. The van der Waals surface area contributed by atoms with Crippen LogP contribution in [0, 0.1) is 6.92 Å². The minimum atomic E-state index is 0.169. The third-order valence-electron chi connectivity index (χ3n) is 2.17. The van der Waals surface area contributed by atoms with Crippen LogP contribution in [0.3, 0.4) is 0 Å². The molecule has 2 nitrogen and oxygen atoms in total. The smallest absolute Gasteiger partial charge is 0.151 e. The number of aryl methyl sites for hydroxylation is 1. The van der Waals surface area contributed by atoms with Crippen molar-refractivity contribution in [1.82, 2.24) is 5.32 Å². The number of rotatable bonds is 5. The van der Waals surface area contributed by atoms with E-state index in [4.69, 9.17) is 11.6 Å². The molecule has 0 amide bonds. The molecule has 0 atom stereocenters. The molecule has 0 saturated carbocycles. The van der Waals surface area contributed by atoms with Crippen molar-refractivity contribution in [2.75, 3.05) is 13.1 Å². The van der Waals surface area contributed by atoms with E-state index in [0.29, 0.717) is 18.0 Å². The molecule has 0 unspecified atom stereocenters. The van der Waals surface area contributed by atoms with Crippen molar-refractivity contribution in [2.45, 2.75) is 20.3 Å². The van der Waals surface area contributed by atoms with Gasteiger partial charge in [0.05, 0.1) is 6.54 Å². The van der Waals surface area contributed by atoms with Crippen LogP contribution in [0.4, 0.5) is 0 Å². The highest BCUT2D eigenvalue weighted by molar-refractivity contribution is 6.31. The second kappa shape index (κ2) is 5.89. The Bertz CT molecular complexity index is 349. The minimum Gasteiger partial charge on any atom is -0.310 e. The number of carbonyl (C=O) groups is 1. The number of likely N-dealkylation sites (N-methyl/N-ethyl adjacent to an activating group) is 1. The van der Waals surface area contributed by atoms with E-state index >= 15 is 0 Å². The molecule has 0 heterocycles. The number of ketones is 1. The van der Waals surface area contributed by atoms with E-state index in [1.54, 1.807) is 0 Å². The molecule has 0 aliphatic carbocycles. The highest BCUT2D eigenvalue weighted by Crippen LogP contribution is 2.18. The predicted octanol–water partition coefficient (Wildman–Crippen LogP) is 2.37. The van der Waals surface area contributed by atoms with Gasteiger partial charge in [-0.1, -0.05) is 30.7 Å². The van der Waals surface area contributed by atoms with Gasteiger partial charge in [-0.25, -0.2) is 0 Å². The minimum absolute atomic E-state index is 0.169. The maximum Gasteiger partial charge on any atom is 0.151 e. The van der Waals surface area contributed by atoms with Gasteiger partial charge in [-0.3, -0.25) is 4.79 Å². The lowest BCUT2D eigenvalue weighted by molar-refractivity contribution is -0.117. The van der Waals surface area contributed by atoms with E-state index in [1.165, 1.54) is 0 Å². The molecule has 0 bridgehead atoms. The molecule has 0 spiro atoms. The van der Waals surface area contributed by atoms with Gasteiger partial charge < -0.3 is 5.32 Å². The van der Waals surface area contributed by atoms with Crippen LogP contribution in [-0.2, 0) is 11.2 Å². The summed E-state index contributed by atoms with van der Waals surface area (Å²) < 4.78 is 0. The van der Waals surface area contributed by atoms with Gasteiger partial charge >= 0.3 is 0 Å². The highest BCUT2D eigenvalue weighted by atomic mass is 35.5. The van der Waals surface area contributed by atoms with E-state index in [0.717, 1.165) is 17.7 Å². The largest absolute Gasteiger partial charge is 0.310 e. The van der Waals surface area contributed by atoms with Crippen molar-refractivity contribution >= 4 is 17.4 Å². The number of halogens is 1. The summed E-state index contributed by atoms with van der Waals surface area (Å²) in [6, 6.07) is 5.78. The Kier molecular flexibility index (Phi) is 4.79. The van der Waals surface area contributed by atoms with Gasteiger partial charge in [-0.05, 0) is 30.7 Å². The van der Waals surface area contributed by atoms with E-state index in [1.807, 2.05) is 32.0 Å². The predicted molar refractivity (Wildman–Crippen MR) is 63.4 cm³/mol. The van der Waals surface area contributed by atoms with Crippen molar-refractivity contribution in [2.24, 2.45) is 0 Å². The van der Waals surface area contributed by atoms with Gasteiger partial charge in [0.1, 0.15) is 0 Å². The molecule has 1 rings (SSSR count). The Morgan fingerprint density at radius 1 is 1.47 bits per heavy atom. The van der Waals surface area contributed by atoms with Gasteiger partial charge in [0.15, 0.2) is 5.78 Å². The van der Waals surface area contributed by atoms with Gasteiger partial charge in [-0.15, -0.1) is 0 Å². The summed E-state index contributed by atoms with van der Waals surface area (Å²) in [5.41, 5.74) is 2.02. The Morgan fingerprint density at radius 2 is 2.20 bits per heavy atom. The molecule has 0 aromatic heterocycles. The first-order chi connectivity index (χ1) is 7.13.